The van der Waals surface area contributed by atoms with E-state index in [1.54, 1.807) is 11.3 Å². The lowest BCUT2D eigenvalue weighted by molar-refractivity contribution is 0.254. The van der Waals surface area contributed by atoms with E-state index in [-0.39, 0.29) is 0 Å². The molecule has 1 aromatic rings. The van der Waals surface area contributed by atoms with Gasteiger partial charge in [0.25, 0.3) is 0 Å². The van der Waals surface area contributed by atoms with E-state index in [1.807, 2.05) is 6.07 Å². The van der Waals surface area contributed by atoms with E-state index in [2.05, 4.69) is 30.1 Å². The lowest BCUT2D eigenvalue weighted by atomic mass is 10.1. The van der Waals surface area contributed by atoms with Crippen molar-refractivity contribution in [2.75, 3.05) is 6.54 Å². The SMILES string of the molecule is CC(NC1CC(C)N(C2CC2)C1)c1ccc(Cl)s1. The molecule has 1 N–H and O–H groups in total. The van der Waals surface area contributed by atoms with Crippen molar-refractivity contribution in [1.29, 1.82) is 0 Å². The van der Waals surface area contributed by atoms with Gasteiger partial charge in [-0.1, -0.05) is 11.6 Å². The fraction of sp³-hybridized carbons (Fsp3) is 0.714. The van der Waals surface area contributed by atoms with Crippen molar-refractivity contribution in [3.8, 4) is 0 Å². The molecule has 3 atom stereocenters. The van der Waals surface area contributed by atoms with Crippen LogP contribution in [-0.4, -0.2) is 29.6 Å². The zero-order valence-electron chi connectivity index (χ0n) is 11.0. The summed E-state index contributed by atoms with van der Waals surface area (Å²) >= 11 is 7.69. The molecule has 0 amide bonds. The monoisotopic (exact) mass is 284 g/mol. The van der Waals surface area contributed by atoms with Gasteiger partial charge in [-0.05, 0) is 45.2 Å². The second kappa shape index (κ2) is 5.12. The fourth-order valence-corrected chi connectivity index (χ4v) is 4.16. The minimum absolute atomic E-state index is 0.416. The van der Waals surface area contributed by atoms with Crippen molar-refractivity contribution in [1.82, 2.24) is 10.2 Å². The Labute approximate surface area is 118 Å². The van der Waals surface area contributed by atoms with Crippen LogP contribution in [0.2, 0.25) is 4.34 Å². The van der Waals surface area contributed by atoms with Crippen molar-refractivity contribution in [2.45, 2.75) is 57.3 Å². The van der Waals surface area contributed by atoms with Crippen LogP contribution >= 0.6 is 22.9 Å². The number of nitrogens with one attached hydrogen (secondary N) is 1. The van der Waals surface area contributed by atoms with Crippen LogP contribution in [0.25, 0.3) is 0 Å². The van der Waals surface area contributed by atoms with Crippen LogP contribution < -0.4 is 5.32 Å². The topological polar surface area (TPSA) is 15.3 Å². The first kappa shape index (κ1) is 12.9. The Morgan fingerprint density at radius 3 is 2.83 bits per heavy atom. The minimum atomic E-state index is 0.416. The minimum Gasteiger partial charge on any atom is -0.305 e. The zero-order chi connectivity index (χ0) is 12.7. The van der Waals surface area contributed by atoms with E-state index < -0.39 is 0 Å². The Hall–Kier alpha value is -0.0900. The third-order valence-electron chi connectivity index (χ3n) is 4.15. The number of thiophene rings is 1. The lowest BCUT2D eigenvalue weighted by Crippen LogP contribution is -2.35. The van der Waals surface area contributed by atoms with Gasteiger partial charge in [-0.2, -0.15) is 0 Å². The Kier molecular flexibility index (Phi) is 3.68. The van der Waals surface area contributed by atoms with E-state index >= 15 is 0 Å². The fourth-order valence-electron chi connectivity index (χ4n) is 3.09. The number of hydrogen-bond donors (Lipinski definition) is 1. The van der Waals surface area contributed by atoms with Crippen LogP contribution in [-0.2, 0) is 0 Å². The average molecular weight is 285 g/mol. The van der Waals surface area contributed by atoms with E-state index in [1.165, 1.54) is 30.7 Å². The number of rotatable bonds is 4. The van der Waals surface area contributed by atoms with Crippen LogP contribution in [0, 0.1) is 0 Å². The maximum atomic E-state index is 6.00. The molecule has 0 bridgehead atoms. The molecule has 3 unspecified atom stereocenters. The van der Waals surface area contributed by atoms with Gasteiger partial charge < -0.3 is 5.32 Å². The summed E-state index contributed by atoms with van der Waals surface area (Å²) in [6.45, 7) is 5.83. The largest absolute Gasteiger partial charge is 0.305 e. The normalized spacial score (nSPS) is 30.8. The highest BCUT2D eigenvalue weighted by Crippen LogP contribution is 2.34. The highest BCUT2D eigenvalue weighted by atomic mass is 35.5. The standard InChI is InChI=1S/C14H21ClN2S/c1-9-7-11(8-17(9)12-3-4-12)16-10(2)13-5-6-14(15)18-13/h5-6,9-12,16H,3-4,7-8H2,1-2H3. The molecule has 1 saturated heterocycles. The smallest absolute Gasteiger partial charge is 0.0931 e. The quantitative estimate of drug-likeness (QED) is 0.907. The molecule has 0 aromatic carbocycles. The van der Waals surface area contributed by atoms with E-state index in [0.717, 1.165) is 16.4 Å². The highest BCUT2D eigenvalue weighted by Gasteiger charge is 2.38. The van der Waals surface area contributed by atoms with Crippen molar-refractivity contribution >= 4 is 22.9 Å². The summed E-state index contributed by atoms with van der Waals surface area (Å²) in [6.07, 6.45) is 4.10. The average Bonchev–Trinajstić information content (AvgIpc) is 2.97. The molecule has 2 nitrogen and oxygen atoms in total. The number of hydrogen-bond acceptors (Lipinski definition) is 3. The van der Waals surface area contributed by atoms with Gasteiger partial charge in [-0.15, -0.1) is 11.3 Å². The molecule has 2 heterocycles. The van der Waals surface area contributed by atoms with Crippen LogP contribution in [0.1, 0.15) is 44.0 Å². The Morgan fingerprint density at radius 2 is 2.22 bits per heavy atom. The molecule has 3 rings (SSSR count). The van der Waals surface area contributed by atoms with Gasteiger partial charge >= 0.3 is 0 Å². The van der Waals surface area contributed by atoms with Crippen molar-refractivity contribution in [3.05, 3.63) is 21.3 Å². The van der Waals surface area contributed by atoms with Crippen LogP contribution in [0.5, 0.6) is 0 Å². The molecule has 100 valence electrons. The summed E-state index contributed by atoms with van der Waals surface area (Å²) < 4.78 is 0.887. The van der Waals surface area contributed by atoms with E-state index in [4.69, 9.17) is 11.6 Å². The summed E-state index contributed by atoms with van der Waals surface area (Å²) in [5, 5.41) is 3.76. The molecule has 1 aromatic heterocycles. The second-order valence-corrected chi connectivity index (χ2v) is 7.49. The Bertz CT molecular complexity index is 416. The van der Waals surface area contributed by atoms with Gasteiger partial charge in [0, 0.05) is 35.6 Å². The van der Waals surface area contributed by atoms with Gasteiger partial charge in [-0.25, -0.2) is 0 Å². The molecule has 1 aliphatic heterocycles. The van der Waals surface area contributed by atoms with Crippen LogP contribution in [0.3, 0.4) is 0 Å². The van der Waals surface area contributed by atoms with Crippen molar-refractivity contribution in [2.24, 2.45) is 0 Å². The Morgan fingerprint density at radius 1 is 1.44 bits per heavy atom. The first-order valence-electron chi connectivity index (χ1n) is 6.90. The van der Waals surface area contributed by atoms with Crippen molar-refractivity contribution in [3.63, 3.8) is 0 Å². The summed E-state index contributed by atoms with van der Waals surface area (Å²) in [5.41, 5.74) is 0. The van der Waals surface area contributed by atoms with Gasteiger partial charge in [0.2, 0.25) is 0 Å². The van der Waals surface area contributed by atoms with Gasteiger partial charge in [0.1, 0.15) is 0 Å². The molecular weight excluding hydrogens is 264 g/mol. The zero-order valence-corrected chi connectivity index (χ0v) is 12.6. The van der Waals surface area contributed by atoms with Gasteiger partial charge in [0.15, 0.2) is 0 Å². The Balaban J connectivity index is 1.57. The van der Waals surface area contributed by atoms with Gasteiger partial charge in [-0.3, -0.25) is 4.90 Å². The van der Waals surface area contributed by atoms with Gasteiger partial charge in [0.05, 0.1) is 4.34 Å². The molecule has 2 fully saturated rings. The molecule has 0 spiro atoms. The molecule has 1 saturated carbocycles. The lowest BCUT2D eigenvalue weighted by Gasteiger charge is -2.20. The van der Waals surface area contributed by atoms with Crippen LogP contribution in [0.4, 0.5) is 0 Å². The molecule has 18 heavy (non-hydrogen) atoms. The number of nitrogens with zero attached hydrogens (tertiary/aromatic N) is 1. The maximum Gasteiger partial charge on any atom is 0.0931 e. The van der Waals surface area contributed by atoms with E-state index in [9.17, 15) is 0 Å². The highest BCUT2D eigenvalue weighted by molar-refractivity contribution is 7.16. The summed E-state index contributed by atoms with van der Waals surface area (Å²) in [6, 6.07) is 6.82. The number of likely N-dealkylation sites (tertiary alicyclic amines) is 1. The third kappa shape index (κ3) is 2.74. The first-order valence-corrected chi connectivity index (χ1v) is 8.10. The molecule has 1 aliphatic carbocycles. The third-order valence-corrected chi connectivity index (χ3v) is 5.56. The maximum absolute atomic E-state index is 6.00. The van der Waals surface area contributed by atoms with Crippen molar-refractivity contribution < 1.29 is 0 Å². The molecule has 2 aliphatic rings. The molecule has 0 radical (unpaired) electrons. The summed E-state index contributed by atoms with van der Waals surface area (Å²) in [5.74, 6) is 0. The summed E-state index contributed by atoms with van der Waals surface area (Å²) in [4.78, 5) is 4.03. The predicted octanol–water partition coefficient (Wildman–Crippen LogP) is 3.68. The second-order valence-electron chi connectivity index (χ2n) is 5.74. The van der Waals surface area contributed by atoms with E-state index in [0.29, 0.717) is 12.1 Å². The first-order chi connectivity index (χ1) is 8.63. The summed E-state index contributed by atoms with van der Waals surface area (Å²) in [7, 11) is 0. The molecule has 4 heteroatoms. The predicted molar refractivity (Wildman–Crippen MR) is 78.5 cm³/mol. The molecular formula is C14H21ClN2S. The van der Waals surface area contributed by atoms with Crippen LogP contribution in [0.15, 0.2) is 12.1 Å². The number of halogens is 1.